The lowest BCUT2D eigenvalue weighted by Crippen LogP contribution is -2.41. The summed E-state index contributed by atoms with van der Waals surface area (Å²) in [7, 11) is -1.47. The van der Waals surface area contributed by atoms with Crippen LogP contribution in [-0.4, -0.2) is 59.0 Å². The van der Waals surface area contributed by atoms with E-state index in [2.05, 4.69) is 20.3 Å². The number of sulfonamides is 1. The van der Waals surface area contributed by atoms with Gasteiger partial charge in [0.25, 0.3) is 0 Å². The minimum atomic E-state index is -3.14. The minimum Gasteiger partial charge on any atom is -0.396 e. The van der Waals surface area contributed by atoms with E-state index in [1.54, 1.807) is 7.05 Å². The van der Waals surface area contributed by atoms with Gasteiger partial charge >= 0.3 is 0 Å². The highest BCUT2D eigenvalue weighted by molar-refractivity contribution is 7.88. The van der Waals surface area contributed by atoms with Crippen LogP contribution >= 0.6 is 0 Å². The maximum Gasteiger partial charge on any atom is 0.208 e. The molecule has 130 valence electrons. The molecule has 0 aliphatic carbocycles. The van der Waals surface area contributed by atoms with Gasteiger partial charge in [-0.2, -0.15) is 0 Å². The van der Waals surface area contributed by atoms with Crippen molar-refractivity contribution in [2.75, 3.05) is 39.5 Å². The maximum absolute atomic E-state index is 10.9. The Bertz CT molecular complexity index is 576. The van der Waals surface area contributed by atoms with Crippen molar-refractivity contribution >= 4 is 16.0 Å². The van der Waals surface area contributed by atoms with Gasteiger partial charge in [-0.15, -0.1) is 0 Å². The van der Waals surface area contributed by atoms with Gasteiger partial charge in [0.2, 0.25) is 10.0 Å². The molecule has 0 saturated heterocycles. The van der Waals surface area contributed by atoms with Gasteiger partial charge < -0.3 is 15.7 Å². The molecule has 0 bridgehead atoms. The summed E-state index contributed by atoms with van der Waals surface area (Å²) >= 11 is 0. The molecule has 1 rings (SSSR count). The largest absolute Gasteiger partial charge is 0.396 e. The van der Waals surface area contributed by atoms with Crippen molar-refractivity contribution in [3.63, 3.8) is 0 Å². The fourth-order valence-electron chi connectivity index (χ4n) is 2.01. The van der Waals surface area contributed by atoms with Gasteiger partial charge in [-0.3, -0.25) is 4.99 Å². The Balaban J connectivity index is 2.33. The predicted molar refractivity (Wildman–Crippen MR) is 93.1 cm³/mol. The molecule has 0 amide bonds. The summed E-state index contributed by atoms with van der Waals surface area (Å²) in [5.74, 6) is 0.611. The molecule has 1 unspecified atom stereocenters. The van der Waals surface area contributed by atoms with E-state index in [9.17, 15) is 13.5 Å². The molecule has 23 heavy (non-hydrogen) atoms. The highest BCUT2D eigenvalue weighted by atomic mass is 32.2. The summed E-state index contributed by atoms with van der Waals surface area (Å²) in [5, 5.41) is 15.8. The van der Waals surface area contributed by atoms with Crippen LogP contribution in [0.15, 0.2) is 35.3 Å². The van der Waals surface area contributed by atoms with Crippen molar-refractivity contribution < 1.29 is 13.5 Å². The van der Waals surface area contributed by atoms with Gasteiger partial charge in [-0.25, -0.2) is 13.1 Å². The van der Waals surface area contributed by atoms with Crippen molar-refractivity contribution in [2.45, 2.75) is 12.3 Å². The smallest absolute Gasteiger partial charge is 0.208 e. The Kier molecular flexibility index (Phi) is 8.60. The third-order valence-corrected chi connectivity index (χ3v) is 3.97. The normalized spacial score (nSPS) is 13.6. The summed E-state index contributed by atoms with van der Waals surface area (Å²) < 4.78 is 24.3. The lowest BCUT2D eigenvalue weighted by molar-refractivity contribution is 0.265. The number of guanidine groups is 1. The Morgan fingerprint density at radius 2 is 1.91 bits per heavy atom. The lowest BCUT2D eigenvalue weighted by atomic mass is 10.0. The molecule has 0 aliphatic heterocycles. The first kappa shape index (κ1) is 19.4. The summed E-state index contributed by atoms with van der Waals surface area (Å²) in [6, 6.07) is 9.79. The molecule has 8 heteroatoms. The standard InChI is InChI=1S/C15H26N4O3S/c1-16-15(17-9-6-10-19-23(2,21)22)18-11-14(12-20)13-7-4-3-5-8-13/h3-5,7-8,14,19-20H,6,9-12H2,1-2H3,(H2,16,17,18). The van der Waals surface area contributed by atoms with E-state index in [0.717, 1.165) is 11.8 Å². The summed E-state index contributed by atoms with van der Waals surface area (Å²) in [6.45, 7) is 1.58. The SMILES string of the molecule is CN=C(NCCCNS(C)(=O)=O)NCC(CO)c1ccccc1. The average molecular weight is 342 g/mol. The molecule has 1 atom stereocenters. The number of rotatable bonds is 9. The summed E-state index contributed by atoms with van der Waals surface area (Å²) in [6.07, 6.45) is 1.79. The Morgan fingerprint density at radius 1 is 1.22 bits per heavy atom. The highest BCUT2D eigenvalue weighted by Crippen LogP contribution is 2.13. The van der Waals surface area contributed by atoms with Crippen molar-refractivity contribution in [1.82, 2.24) is 15.4 Å². The molecule has 1 aromatic rings. The van der Waals surface area contributed by atoms with Crippen LogP contribution in [0.4, 0.5) is 0 Å². The van der Waals surface area contributed by atoms with E-state index in [0.29, 0.717) is 32.0 Å². The number of hydrogen-bond acceptors (Lipinski definition) is 4. The van der Waals surface area contributed by atoms with Crippen LogP contribution in [0.3, 0.4) is 0 Å². The number of nitrogens with one attached hydrogen (secondary N) is 3. The zero-order chi connectivity index (χ0) is 17.1. The van der Waals surface area contributed by atoms with Gasteiger partial charge in [0.15, 0.2) is 5.96 Å². The molecule has 4 N–H and O–H groups in total. The predicted octanol–water partition coefficient (Wildman–Crippen LogP) is -0.133. The molecule has 7 nitrogen and oxygen atoms in total. The topological polar surface area (TPSA) is 103 Å². The Labute approximate surface area is 138 Å². The first-order valence-electron chi connectivity index (χ1n) is 7.51. The van der Waals surface area contributed by atoms with Crippen LogP contribution in [0.1, 0.15) is 17.9 Å². The summed E-state index contributed by atoms with van der Waals surface area (Å²) in [5.41, 5.74) is 1.07. The molecule has 0 radical (unpaired) electrons. The first-order chi connectivity index (χ1) is 11.0. The Morgan fingerprint density at radius 3 is 2.48 bits per heavy atom. The van der Waals surface area contributed by atoms with E-state index < -0.39 is 10.0 Å². The highest BCUT2D eigenvalue weighted by Gasteiger charge is 2.10. The van der Waals surface area contributed by atoms with Gasteiger partial charge in [0.05, 0.1) is 12.9 Å². The second-order valence-electron chi connectivity index (χ2n) is 5.19. The van der Waals surface area contributed by atoms with Crippen molar-refractivity contribution in [3.05, 3.63) is 35.9 Å². The lowest BCUT2D eigenvalue weighted by Gasteiger charge is -2.18. The van der Waals surface area contributed by atoms with Gasteiger partial charge in [-0.05, 0) is 12.0 Å². The van der Waals surface area contributed by atoms with Gasteiger partial charge in [-0.1, -0.05) is 30.3 Å². The summed E-state index contributed by atoms with van der Waals surface area (Å²) in [4.78, 5) is 4.11. The molecular formula is C15H26N4O3S. The number of aliphatic hydroxyl groups is 1. The molecule has 0 aromatic heterocycles. The number of aliphatic imine (C=N–C) groups is 1. The average Bonchev–Trinajstić information content (AvgIpc) is 2.53. The van der Waals surface area contributed by atoms with Crippen LogP contribution in [0.2, 0.25) is 0 Å². The van der Waals surface area contributed by atoms with Gasteiger partial charge in [0, 0.05) is 32.6 Å². The van der Waals surface area contributed by atoms with E-state index >= 15 is 0 Å². The second kappa shape index (κ2) is 10.2. The monoisotopic (exact) mass is 342 g/mol. The number of benzene rings is 1. The van der Waals surface area contributed by atoms with Crippen LogP contribution in [0.5, 0.6) is 0 Å². The van der Waals surface area contributed by atoms with Crippen molar-refractivity contribution in [3.8, 4) is 0 Å². The van der Waals surface area contributed by atoms with Crippen LogP contribution < -0.4 is 15.4 Å². The van der Waals surface area contributed by atoms with Crippen LogP contribution in [-0.2, 0) is 10.0 Å². The van der Waals surface area contributed by atoms with Crippen molar-refractivity contribution in [2.24, 2.45) is 4.99 Å². The number of nitrogens with zero attached hydrogens (tertiary/aromatic N) is 1. The quantitative estimate of drug-likeness (QED) is 0.284. The Hall–Kier alpha value is -1.64. The fraction of sp³-hybridized carbons (Fsp3) is 0.533. The van der Waals surface area contributed by atoms with E-state index in [1.807, 2.05) is 30.3 Å². The third kappa shape index (κ3) is 8.53. The molecule has 1 aromatic carbocycles. The van der Waals surface area contributed by atoms with Crippen LogP contribution in [0.25, 0.3) is 0 Å². The molecule has 0 fully saturated rings. The van der Waals surface area contributed by atoms with E-state index in [4.69, 9.17) is 0 Å². The second-order valence-corrected chi connectivity index (χ2v) is 7.02. The fourth-order valence-corrected chi connectivity index (χ4v) is 2.52. The zero-order valence-corrected chi connectivity index (χ0v) is 14.4. The molecular weight excluding hydrogens is 316 g/mol. The molecule has 0 saturated carbocycles. The molecule has 0 heterocycles. The van der Waals surface area contributed by atoms with E-state index in [1.165, 1.54) is 0 Å². The van der Waals surface area contributed by atoms with Gasteiger partial charge in [0.1, 0.15) is 0 Å². The minimum absolute atomic E-state index is 0.0124. The zero-order valence-electron chi connectivity index (χ0n) is 13.6. The number of hydrogen-bond donors (Lipinski definition) is 4. The molecule has 0 spiro atoms. The third-order valence-electron chi connectivity index (χ3n) is 3.24. The molecule has 0 aliphatic rings. The van der Waals surface area contributed by atoms with Crippen LogP contribution in [0, 0.1) is 0 Å². The number of aliphatic hydroxyl groups excluding tert-OH is 1. The van der Waals surface area contributed by atoms with E-state index in [-0.39, 0.29) is 12.5 Å². The first-order valence-corrected chi connectivity index (χ1v) is 9.40. The maximum atomic E-state index is 10.9. The van der Waals surface area contributed by atoms with Crippen molar-refractivity contribution in [1.29, 1.82) is 0 Å².